The van der Waals surface area contributed by atoms with Crippen LogP contribution in [0.25, 0.3) is 0 Å². The monoisotopic (exact) mass is 500 g/mol. The van der Waals surface area contributed by atoms with E-state index in [1.165, 1.54) is 0 Å². The lowest BCUT2D eigenvalue weighted by Crippen LogP contribution is -2.48. The van der Waals surface area contributed by atoms with Gasteiger partial charge in [-0.15, -0.1) is 0 Å². The third-order valence-electron chi connectivity index (χ3n) is 5.71. The Labute approximate surface area is 212 Å². The number of sulfonamides is 1. The predicted octanol–water partition coefficient (Wildman–Crippen LogP) is 5.54. The molecular formula is C29H28N2O4S. The number of nitrogens with one attached hydrogen (secondary N) is 1. The van der Waals surface area contributed by atoms with Gasteiger partial charge in [-0.2, -0.15) is 0 Å². The first-order valence-corrected chi connectivity index (χ1v) is 13.4. The van der Waals surface area contributed by atoms with Crippen molar-refractivity contribution in [3.8, 4) is 11.5 Å². The summed E-state index contributed by atoms with van der Waals surface area (Å²) < 4.78 is 32.5. The summed E-state index contributed by atoms with van der Waals surface area (Å²) in [6.07, 6.45) is 1.09. The van der Waals surface area contributed by atoms with Crippen LogP contribution in [0.5, 0.6) is 11.5 Å². The van der Waals surface area contributed by atoms with Gasteiger partial charge in [-0.25, -0.2) is 8.42 Å². The maximum absolute atomic E-state index is 13.4. The highest BCUT2D eigenvalue weighted by molar-refractivity contribution is 7.92. The van der Waals surface area contributed by atoms with Gasteiger partial charge in [0, 0.05) is 0 Å². The van der Waals surface area contributed by atoms with Crippen LogP contribution in [0.4, 0.5) is 5.69 Å². The third kappa shape index (κ3) is 6.12. The summed E-state index contributed by atoms with van der Waals surface area (Å²) in [6.45, 7) is 1.58. The van der Waals surface area contributed by atoms with Crippen molar-refractivity contribution in [3.63, 3.8) is 0 Å². The summed E-state index contributed by atoms with van der Waals surface area (Å²) in [5.74, 6) is 0.817. The maximum atomic E-state index is 13.4. The zero-order chi connectivity index (χ0) is 25.5. The van der Waals surface area contributed by atoms with E-state index in [4.69, 9.17) is 4.74 Å². The minimum atomic E-state index is -3.77. The molecule has 0 saturated carbocycles. The van der Waals surface area contributed by atoms with E-state index in [1.807, 2.05) is 91.0 Å². The molecule has 0 aliphatic carbocycles. The van der Waals surface area contributed by atoms with Gasteiger partial charge in [0.15, 0.2) is 0 Å². The SMILES string of the molecule is C[C@@H](C(=O)NC(c1ccccc1)c1ccccc1)N(c1ccc(Oc2ccccc2)cc1)S(C)(=O)=O. The van der Waals surface area contributed by atoms with E-state index in [1.54, 1.807) is 31.2 Å². The van der Waals surface area contributed by atoms with E-state index in [0.717, 1.165) is 21.7 Å². The molecule has 0 heterocycles. The maximum Gasteiger partial charge on any atom is 0.244 e. The van der Waals surface area contributed by atoms with Gasteiger partial charge in [-0.1, -0.05) is 78.9 Å². The minimum Gasteiger partial charge on any atom is -0.457 e. The lowest BCUT2D eigenvalue weighted by molar-refractivity contribution is -0.122. The molecule has 0 radical (unpaired) electrons. The normalized spacial score (nSPS) is 12.1. The van der Waals surface area contributed by atoms with Crippen molar-refractivity contribution in [1.29, 1.82) is 0 Å². The molecule has 4 aromatic carbocycles. The summed E-state index contributed by atoms with van der Waals surface area (Å²) >= 11 is 0. The molecular weight excluding hydrogens is 472 g/mol. The standard InChI is InChI=1S/C29H28N2O4S/c1-22(29(32)30-28(23-12-6-3-7-13-23)24-14-8-4-9-15-24)31(36(2,33)34)25-18-20-27(21-19-25)35-26-16-10-5-11-17-26/h3-22,28H,1-2H3,(H,30,32)/t22-/m0/s1. The fraction of sp³-hybridized carbons (Fsp3) is 0.138. The van der Waals surface area contributed by atoms with Gasteiger partial charge in [0.1, 0.15) is 17.5 Å². The number of benzene rings is 4. The van der Waals surface area contributed by atoms with Gasteiger partial charge < -0.3 is 10.1 Å². The van der Waals surface area contributed by atoms with Crippen LogP contribution in [-0.4, -0.2) is 26.6 Å². The summed E-state index contributed by atoms with van der Waals surface area (Å²) in [7, 11) is -3.77. The van der Waals surface area contributed by atoms with E-state index in [9.17, 15) is 13.2 Å². The highest BCUT2D eigenvalue weighted by Crippen LogP contribution is 2.28. The molecule has 0 saturated heterocycles. The third-order valence-corrected chi connectivity index (χ3v) is 6.95. The van der Waals surface area contributed by atoms with Gasteiger partial charge in [-0.3, -0.25) is 9.10 Å². The Balaban J connectivity index is 1.58. The first kappa shape index (κ1) is 25.0. The molecule has 0 fully saturated rings. The Hall–Kier alpha value is -4.10. The number of carbonyl (C=O) groups is 1. The second kappa shape index (κ2) is 11.1. The molecule has 1 atom stereocenters. The fourth-order valence-electron chi connectivity index (χ4n) is 4.01. The Morgan fingerprint density at radius 3 is 1.64 bits per heavy atom. The minimum absolute atomic E-state index is 0.372. The molecule has 4 rings (SSSR count). The first-order chi connectivity index (χ1) is 17.3. The molecule has 0 aromatic heterocycles. The molecule has 0 bridgehead atoms. The number of nitrogens with zero attached hydrogens (tertiary/aromatic N) is 1. The van der Waals surface area contributed by atoms with Crippen LogP contribution >= 0.6 is 0 Å². The Morgan fingerprint density at radius 2 is 1.17 bits per heavy atom. The first-order valence-electron chi connectivity index (χ1n) is 11.6. The molecule has 184 valence electrons. The zero-order valence-corrected chi connectivity index (χ0v) is 20.9. The largest absolute Gasteiger partial charge is 0.457 e. The Morgan fingerprint density at radius 1 is 0.722 bits per heavy atom. The Kier molecular flexibility index (Phi) is 7.71. The number of para-hydroxylation sites is 1. The summed E-state index contributed by atoms with van der Waals surface area (Å²) in [5.41, 5.74) is 2.17. The molecule has 0 aliphatic heterocycles. The topological polar surface area (TPSA) is 75.7 Å². The average molecular weight is 501 g/mol. The lowest BCUT2D eigenvalue weighted by atomic mass is 9.98. The predicted molar refractivity (Wildman–Crippen MR) is 143 cm³/mol. The van der Waals surface area contributed by atoms with Gasteiger partial charge in [0.05, 0.1) is 18.0 Å². The van der Waals surface area contributed by atoms with Crippen molar-refractivity contribution in [2.24, 2.45) is 0 Å². The molecule has 1 amide bonds. The van der Waals surface area contributed by atoms with Crippen molar-refractivity contribution in [3.05, 3.63) is 126 Å². The zero-order valence-electron chi connectivity index (χ0n) is 20.1. The number of amides is 1. The number of anilines is 1. The highest BCUT2D eigenvalue weighted by Gasteiger charge is 2.31. The van der Waals surface area contributed by atoms with Crippen LogP contribution < -0.4 is 14.4 Å². The van der Waals surface area contributed by atoms with Gasteiger partial charge >= 0.3 is 0 Å². The van der Waals surface area contributed by atoms with Crippen LogP contribution in [0, 0.1) is 0 Å². The number of carbonyl (C=O) groups excluding carboxylic acids is 1. The van der Waals surface area contributed by atoms with Gasteiger partial charge in [0.2, 0.25) is 15.9 Å². The van der Waals surface area contributed by atoms with Gasteiger partial charge in [0.25, 0.3) is 0 Å². The van der Waals surface area contributed by atoms with E-state index < -0.39 is 28.0 Å². The molecule has 6 nitrogen and oxygen atoms in total. The molecule has 0 spiro atoms. The quantitative estimate of drug-likeness (QED) is 0.327. The summed E-state index contributed by atoms with van der Waals surface area (Å²) in [5, 5.41) is 3.05. The van der Waals surface area contributed by atoms with E-state index in [-0.39, 0.29) is 0 Å². The van der Waals surface area contributed by atoms with Crippen molar-refractivity contribution in [2.75, 3.05) is 10.6 Å². The van der Waals surface area contributed by atoms with Crippen molar-refractivity contribution >= 4 is 21.6 Å². The van der Waals surface area contributed by atoms with Crippen molar-refractivity contribution in [2.45, 2.75) is 19.0 Å². The molecule has 36 heavy (non-hydrogen) atoms. The molecule has 0 unspecified atom stereocenters. The molecule has 7 heteroatoms. The number of rotatable bonds is 9. The second-order valence-electron chi connectivity index (χ2n) is 8.41. The van der Waals surface area contributed by atoms with E-state index in [0.29, 0.717) is 17.2 Å². The number of hydrogen-bond acceptors (Lipinski definition) is 4. The number of ether oxygens (including phenoxy) is 1. The Bertz CT molecular complexity index is 1340. The van der Waals surface area contributed by atoms with Crippen molar-refractivity contribution < 1.29 is 17.9 Å². The second-order valence-corrected chi connectivity index (χ2v) is 10.3. The lowest BCUT2D eigenvalue weighted by Gasteiger charge is -2.30. The van der Waals surface area contributed by atoms with Crippen LogP contribution in [0.1, 0.15) is 24.1 Å². The van der Waals surface area contributed by atoms with Crippen molar-refractivity contribution in [1.82, 2.24) is 5.32 Å². The fourth-order valence-corrected chi connectivity index (χ4v) is 5.18. The smallest absolute Gasteiger partial charge is 0.244 e. The molecule has 0 aliphatic rings. The molecule has 1 N–H and O–H groups in total. The summed E-state index contributed by atoms with van der Waals surface area (Å²) in [6, 6.07) is 33.7. The average Bonchev–Trinajstić information content (AvgIpc) is 2.89. The van der Waals surface area contributed by atoms with E-state index >= 15 is 0 Å². The van der Waals surface area contributed by atoms with E-state index in [2.05, 4.69) is 5.32 Å². The van der Waals surface area contributed by atoms with Crippen LogP contribution in [-0.2, 0) is 14.8 Å². The summed E-state index contributed by atoms with van der Waals surface area (Å²) in [4.78, 5) is 13.4. The highest BCUT2D eigenvalue weighted by atomic mass is 32.2. The van der Waals surface area contributed by atoms with Gasteiger partial charge in [-0.05, 0) is 54.4 Å². The van der Waals surface area contributed by atoms with Crippen LogP contribution in [0.3, 0.4) is 0 Å². The van der Waals surface area contributed by atoms with Crippen LogP contribution in [0.15, 0.2) is 115 Å². The molecule has 4 aromatic rings. The van der Waals surface area contributed by atoms with Crippen LogP contribution in [0.2, 0.25) is 0 Å². The number of hydrogen-bond donors (Lipinski definition) is 1.